The Kier molecular flexibility index (Phi) is 3.83. The average molecular weight is 304 g/mol. The van der Waals surface area contributed by atoms with Gasteiger partial charge in [-0.3, -0.25) is 0 Å². The minimum Gasteiger partial charge on any atom is -0.383 e. The first kappa shape index (κ1) is 14.3. The van der Waals surface area contributed by atoms with Crippen LogP contribution in [0.15, 0.2) is 36.9 Å². The van der Waals surface area contributed by atoms with Crippen LogP contribution in [-0.2, 0) is 12.1 Å². The third kappa shape index (κ3) is 2.87. The van der Waals surface area contributed by atoms with Crippen molar-refractivity contribution in [1.82, 2.24) is 14.8 Å². The molecule has 21 heavy (non-hydrogen) atoms. The summed E-state index contributed by atoms with van der Waals surface area (Å²) >= 11 is 6.42. The summed E-state index contributed by atoms with van der Waals surface area (Å²) < 4.78 is 1.66. The van der Waals surface area contributed by atoms with Crippen molar-refractivity contribution >= 4 is 17.7 Å². The van der Waals surface area contributed by atoms with Gasteiger partial charge >= 0.3 is 0 Å². The molecule has 0 spiro atoms. The summed E-state index contributed by atoms with van der Waals surface area (Å²) in [6.45, 7) is 2.34. The molecule has 0 aliphatic heterocycles. The first-order chi connectivity index (χ1) is 10.1. The van der Waals surface area contributed by atoms with E-state index in [9.17, 15) is 5.11 Å². The number of benzene rings is 1. The molecule has 0 bridgehead atoms. The third-order valence-electron chi connectivity index (χ3n) is 3.94. The Balaban J connectivity index is 1.97. The molecule has 0 saturated heterocycles. The summed E-state index contributed by atoms with van der Waals surface area (Å²) in [5, 5.41) is 15.9. The van der Waals surface area contributed by atoms with Gasteiger partial charge in [0, 0.05) is 10.6 Å². The van der Waals surface area contributed by atoms with E-state index in [2.05, 4.69) is 10.1 Å². The van der Waals surface area contributed by atoms with Crippen LogP contribution in [-0.4, -0.2) is 19.9 Å². The van der Waals surface area contributed by atoms with Crippen molar-refractivity contribution in [3.05, 3.63) is 53.1 Å². The van der Waals surface area contributed by atoms with Gasteiger partial charge in [0.1, 0.15) is 18.3 Å². The lowest BCUT2D eigenvalue weighted by atomic mass is 9.88. The van der Waals surface area contributed by atoms with E-state index in [1.165, 1.54) is 6.33 Å². The molecular formula is C16H18ClN3O. The van der Waals surface area contributed by atoms with Crippen molar-refractivity contribution in [1.29, 1.82) is 0 Å². The highest BCUT2D eigenvalue weighted by Gasteiger charge is 2.46. The van der Waals surface area contributed by atoms with Gasteiger partial charge in [0.15, 0.2) is 0 Å². The van der Waals surface area contributed by atoms with Gasteiger partial charge in [0.05, 0.1) is 6.54 Å². The van der Waals surface area contributed by atoms with Gasteiger partial charge in [0.25, 0.3) is 0 Å². The second-order valence-electron chi connectivity index (χ2n) is 5.53. The fourth-order valence-electron chi connectivity index (χ4n) is 2.74. The Hall–Kier alpha value is -1.65. The Labute approximate surface area is 129 Å². The van der Waals surface area contributed by atoms with Crippen molar-refractivity contribution in [2.75, 3.05) is 0 Å². The van der Waals surface area contributed by atoms with Crippen LogP contribution in [0.25, 0.3) is 6.08 Å². The van der Waals surface area contributed by atoms with E-state index in [4.69, 9.17) is 11.6 Å². The average Bonchev–Trinajstić information content (AvgIpc) is 3.20. The Bertz CT molecular complexity index is 650. The zero-order chi connectivity index (χ0) is 14.9. The maximum atomic E-state index is 11.2. The molecule has 1 fully saturated rings. The fourth-order valence-corrected chi connectivity index (χ4v) is 3.09. The van der Waals surface area contributed by atoms with E-state index < -0.39 is 5.60 Å². The van der Waals surface area contributed by atoms with Crippen LogP contribution in [0.2, 0.25) is 5.02 Å². The van der Waals surface area contributed by atoms with Crippen molar-refractivity contribution in [2.24, 2.45) is 5.92 Å². The second-order valence-corrected chi connectivity index (χ2v) is 5.94. The van der Waals surface area contributed by atoms with Crippen molar-refractivity contribution in [3.8, 4) is 0 Å². The van der Waals surface area contributed by atoms with Gasteiger partial charge in [-0.15, -0.1) is 0 Å². The maximum Gasteiger partial charge on any atom is 0.137 e. The normalized spacial score (nSPS) is 18.0. The standard InChI is InChI=1S/C16H18ClN3O/c1-2-3-12-4-7-14(15(17)8-12)16(21,13-5-6-13)9-20-11-18-10-19-20/h2-4,7-8,10-11,13,21H,5-6,9H2,1H3/b3-2-. The van der Waals surface area contributed by atoms with Gasteiger partial charge in [-0.25, -0.2) is 9.67 Å². The quantitative estimate of drug-likeness (QED) is 0.922. The number of hydrogen-bond acceptors (Lipinski definition) is 3. The predicted octanol–water partition coefficient (Wildman–Crippen LogP) is 3.26. The molecule has 3 rings (SSSR count). The number of hydrogen-bond donors (Lipinski definition) is 1. The topological polar surface area (TPSA) is 50.9 Å². The van der Waals surface area contributed by atoms with Crippen LogP contribution in [0.1, 0.15) is 30.9 Å². The Morgan fingerprint density at radius 2 is 2.29 bits per heavy atom. The number of halogens is 1. The summed E-state index contributed by atoms with van der Waals surface area (Å²) in [4.78, 5) is 3.94. The number of nitrogens with zero attached hydrogens (tertiary/aromatic N) is 3. The second kappa shape index (κ2) is 5.62. The van der Waals surface area contributed by atoms with Crippen LogP contribution in [0, 0.1) is 5.92 Å². The van der Waals surface area contributed by atoms with Crippen LogP contribution < -0.4 is 0 Å². The van der Waals surface area contributed by atoms with Gasteiger partial charge in [-0.05, 0) is 37.3 Å². The van der Waals surface area contributed by atoms with Crippen LogP contribution in [0.5, 0.6) is 0 Å². The van der Waals surface area contributed by atoms with E-state index in [0.29, 0.717) is 11.6 Å². The molecule has 0 radical (unpaired) electrons. The van der Waals surface area contributed by atoms with E-state index in [-0.39, 0.29) is 5.92 Å². The molecule has 5 heteroatoms. The summed E-state index contributed by atoms with van der Waals surface area (Å²) in [5.74, 6) is 0.228. The van der Waals surface area contributed by atoms with Gasteiger partial charge in [-0.2, -0.15) is 5.10 Å². The minimum atomic E-state index is -0.987. The SMILES string of the molecule is C/C=C\c1ccc(C(O)(Cn2cncn2)C2CC2)c(Cl)c1. The van der Waals surface area contributed by atoms with Crippen LogP contribution >= 0.6 is 11.6 Å². The van der Waals surface area contributed by atoms with Crippen molar-refractivity contribution < 1.29 is 5.11 Å². The highest BCUT2D eigenvalue weighted by molar-refractivity contribution is 6.31. The first-order valence-electron chi connectivity index (χ1n) is 7.11. The molecule has 1 aliphatic carbocycles. The molecule has 1 aromatic carbocycles. The minimum absolute atomic E-state index is 0.228. The molecule has 1 atom stereocenters. The number of allylic oxidation sites excluding steroid dienone is 1. The Morgan fingerprint density at radius 1 is 1.48 bits per heavy atom. The monoisotopic (exact) mass is 303 g/mol. The van der Waals surface area contributed by atoms with Crippen LogP contribution in [0.4, 0.5) is 0 Å². The molecule has 110 valence electrons. The lowest BCUT2D eigenvalue weighted by Gasteiger charge is -2.29. The van der Waals surface area contributed by atoms with E-state index in [1.54, 1.807) is 11.0 Å². The molecule has 1 saturated carbocycles. The molecule has 1 unspecified atom stereocenters. The number of aromatic nitrogens is 3. The summed E-state index contributed by atoms with van der Waals surface area (Å²) in [6, 6.07) is 5.80. The Morgan fingerprint density at radius 3 is 2.86 bits per heavy atom. The highest BCUT2D eigenvalue weighted by atomic mass is 35.5. The van der Waals surface area contributed by atoms with E-state index in [0.717, 1.165) is 24.0 Å². The number of aliphatic hydroxyl groups is 1. The van der Waals surface area contributed by atoms with Gasteiger partial charge < -0.3 is 5.11 Å². The predicted molar refractivity (Wildman–Crippen MR) is 82.8 cm³/mol. The smallest absolute Gasteiger partial charge is 0.137 e. The molecule has 1 aromatic heterocycles. The molecule has 1 heterocycles. The van der Waals surface area contributed by atoms with Gasteiger partial charge in [-0.1, -0.05) is 35.9 Å². The third-order valence-corrected chi connectivity index (χ3v) is 4.25. The molecular weight excluding hydrogens is 286 g/mol. The van der Waals surface area contributed by atoms with E-state index in [1.807, 2.05) is 37.3 Å². The number of rotatable bonds is 5. The molecule has 4 nitrogen and oxygen atoms in total. The zero-order valence-corrected chi connectivity index (χ0v) is 12.7. The first-order valence-corrected chi connectivity index (χ1v) is 7.49. The maximum absolute atomic E-state index is 11.2. The largest absolute Gasteiger partial charge is 0.383 e. The molecule has 1 aliphatic rings. The fraction of sp³-hybridized carbons (Fsp3) is 0.375. The van der Waals surface area contributed by atoms with E-state index >= 15 is 0 Å². The zero-order valence-electron chi connectivity index (χ0n) is 11.9. The van der Waals surface area contributed by atoms with Gasteiger partial charge in [0.2, 0.25) is 0 Å². The lowest BCUT2D eigenvalue weighted by molar-refractivity contribution is -0.00766. The summed E-state index contributed by atoms with van der Waals surface area (Å²) in [7, 11) is 0. The molecule has 0 amide bonds. The molecule has 2 aromatic rings. The van der Waals surface area contributed by atoms with Crippen LogP contribution in [0.3, 0.4) is 0 Å². The highest BCUT2D eigenvalue weighted by Crippen LogP contribution is 2.48. The van der Waals surface area contributed by atoms with Crippen molar-refractivity contribution in [3.63, 3.8) is 0 Å². The summed E-state index contributed by atoms with van der Waals surface area (Å²) in [6.07, 6.45) is 9.08. The summed E-state index contributed by atoms with van der Waals surface area (Å²) in [5.41, 5.74) is 0.819. The lowest BCUT2D eigenvalue weighted by Crippen LogP contribution is -2.34. The molecule has 1 N–H and O–H groups in total. The van der Waals surface area contributed by atoms with Crippen molar-refractivity contribution in [2.45, 2.75) is 31.9 Å².